The third-order valence-corrected chi connectivity index (χ3v) is 3.43. The Bertz CT molecular complexity index is 545. The standard InChI is InChI=1S/C13H17N3O3/c1-8-10(5-6-17-8)13-15-12(16-19-13)11(14)7-18-9-3-2-4-9/h5-6,9,11H,2-4,7,14H2,1H3. The van der Waals surface area contributed by atoms with Gasteiger partial charge in [0.1, 0.15) is 5.76 Å². The molecular weight excluding hydrogens is 246 g/mol. The maximum Gasteiger partial charge on any atom is 0.261 e. The summed E-state index contributed by atoms with van der Waals surface area (Å²) >= 11 is 0. The molecule has 3 rings (SSSR count). The fraction of sp³-hybridized carbons (Fsp3) is 0.538. The van der Waals surface area contributed by atoms with Crippen LogP contribution in [0.5, 0.6) is 0 Å². The molecule has 2 aromatic heterocycles. The molecule has 1 aliphatic rings. The molecule has 0 radical (unpaired) electrons. The Hall–Kier alpha value is -1.66. The molecular formula is C13H17N3O3. The molecule has 0 saturated heterocycles. The normalized spacial score (nSPS) is 17.4. The topological polar surface area (TPSA) is 87.3 Å². The highest BCUT2D eigenvalue weighted by molar-refractivity contribution is 5.54. The zero-order valence-electron chi connectivity index (χ0n) is 10.8. The van der Waals surface area contributed by atoms with Gasteiger partial charge in [0, 0.05) is 0 Å². The fourth-order valence-corrected chi connectivity index (χ4v) is 1.95. The molecule has 0 spiro atoms. The average molecular weight is 263 g/mol. The van der Waals surface area contributed by atoms with Gasteiger partial charge in [0.05, 0.1) is 30.6 Å². The van der Waals surface area contributed by atoms with Crippen molar-refractivity contribution in [3.63, 3.8) is 0 Å². The molecule has 0 aliphatic heterocycles. The van der Waals surface area contributed by atoms with Crippen molar-refractivity contribution in [3.05, 3.63) is 23.9 Å². The second-order valence-corrected chi connectivity index (χ2v) is 4.84. The molecule has 0 aromatic carbocycles. The third-order valence-electron chi connectivity index (χ3n) is 3.43. The van der Waals surface area contributed by atoms with Gasteiger partial charge in [-0.15, -0.1) is 0 Å². The lowest BCUT2D eigenvalue weighted by atomic mass is 9.96. The highest BCUT2D eigenvalue weighted by atomic mass is 16.5. The van der Waals surface area contributed by atoms with E-state index in [1.165, 1.54) is 6.42 Å². The van der Waals surface area contributed by atoms with E-state index in [0.717, 1.165) is 24.2 Å². The Morgan fingerprint density at radius 1 is 1.53 bits per heavy atom. The summed E-state index contributed by atoms with van der Waals surface area (Å²) in [4.78, 5) is 4.29. The molecule has 1 saturated carbocycles. The van der Waals surface area contributed by atoms with E-state index < -0.39 is 0 Å². The van der Waals surface area contributed by atoms with Crippen LogP contribution in [-0.4, -0.2) is 22.9 Å². The van der Waals surface area contributed by atoms with E-state index in [4.69, 9.17) is 19.4 Å². The van der Waals surface area contributed by atoms with Crippen LogP contribution in [0, 0.1) is 6.92 Å². The lowest BCUT2D eigenvalue weighted by Gasteiger charge is -2.26. The molecule has 0 bridgehead atoms. The first-order valence-electron chi connectivity index (χ1n) is 6.49. The van der Waals surface area contributed by atoms with Crippen molar-refractivity contribution in [2.24, 2.45) is 5.73 Å². The lowest BCUT2D eigenvalue weighted by Crippen LogP contribution is -2.27. The summed E-state index contributed by atoms with van der Waals surface area (Å²) in [7, 11) is 0. The van der Waals surface area contributed by atoms with Crippen LogP contribution >= 0.6 is 0 Å². The van der Waals surface area contributed by atoms with Crippen LogP contribution in [0.15, 0.2) is 21.3 Å². The molecule has 1 aliphatic carbocycles. The van der Waals surface area contributed by atoms with Crippen LogP contribution in [0.2, 0.25) is 0 Å². The third kappa shape index (κ3) is 2.54. The van der Waals surface area contributed by atoms with E-state index in [2.05, 4.69) is 10.1 Å². The van der Waals surface area contributed by atoms with Crippen molar-refractivity contribution in [2.45, 2.75) is 38.3 Å². The van der Waals surface area contributed by atoms with Gasteiger partial charge < -0.3 is 19.4 Å². The summed E-state index contributed by atoms with van der Waals surface area (Å²) < 4.78 is 16.1. The first-order valence-corrected chi connectivity index (χ1v) is 6.49. The maximum absolute atomic E-state index is 5.99. The van der Waals surface area contributed by atoms with E-state index in [0.29, 0.717) is 24.4 Å². The van der Waals surface area contributed by atoms with Gasteiger partial charge in [-0.05, 0) is 32.3 Å². The SMILES string of the molecule is Cc1occc1-c1nc(C(N)COC2CCC2)no1. The molecule has 2 N–H and O–H groups in total. The molecule has 1 unspecified atom stereocenters. The van der Waals surface area contributed by atoms with E-state index >= 15 is 0 Å². The number of rotatable bonds is 5. The molecule has 19 heavy (non-hydrogen) atoms. The number of nitrogens with zero attached hydrogens (tertiary/aromatic N) is 2. The first-order chi connectivity index (χ1) is 9.24. The van der Waals surface area contributed by atoms with Crippen molar-refractivity contribution < 1.29 is 13.7 Å². The Morgan fingerprint density at radius 3 is 3.00 bits per heavy atom. The maximum atomic E-state index is 5.99. The summed E-state index contributed by atoms with van der Waals surface area (Å²) in [5.41, 5.74) is 6.79. The minimum absolute atomic E-state index is 0.355. The van der Waals surface area contributed by atoms with Crippen LogP contribution in [0.25, 0.3) is 11.5 Å². The number of ether oxygens (including phenoxy) is 1. The van der Waals surface area contributed by atoms with Crippen LogP contribution < -0.4 is 5.73 Å². The van der Waals surface area contributed by atoms with Gasteiger partial charge in [-0.25, -0.2) is 0 Å². The van der Waals surface area contributed by atoms with Gasteiger partial charge in [0.2, 0.25) is 0 Å². The van der Waals surface area contributed by atoms with Crippen LogP contribution in [0.3, 0.4) is 0 Å². The van der Waals surface area contributed by atoms with Crippen LogP contribution in [-0.2, 0) is 4.74 Å². The summed E-state index contributed by atoms with van der Waals surface area (Å²) in [6.07, 6.45) is 5.44. The van der Waals surface area contributed by atoms with Crippen molar-refractivity contribution in [1.82, 2.24) is 10.1 Å². The number of hydrogen-bond acceptors (Lipinski definition) is 6. The zero-order chi connectivity index (χ0) is 13.2. The van der Waals surface area contributed by atoms with Crippen molar-refractivity contribution in [1.29, 1.82) is 0 Å². The Morgan fingerprint density at radius 2 is 2.37 bits per heavy atom. The smallest absolute Gasteiger partial charge is 0.261 e. The van der Waals surface area contributed by atoms with E-state index in [9.17, 15) is 0 Å². The highest BCUT2D eigenvalue weighted by Crippen LogP contribution is 2.25. The Balaban J connectivity index is 1.65. The quantitative estimate of drug-likeness (QED) is 0.889. The van der Waals surface area contributed by atoms with Gasteiger partial charge in [0.15, 0.2) is 5.82 Å². The predicted molar refractivity (Wildman–Crippen MR) is 67.3 cm³/mol. The zero-order valence-corrected chi connectivity index (χ0v) is 10.8. The summed E-state index contributed by atoms with van der Waals surface area (Å²) in [6, 6.07) is 1.44. The molecule has 2 heterocycles. The largest absolute Gasteiger partial charge is 0.469 e. The molecule has 0 amide bonds. The van der Waals surface area contributed by atoms with Crippen LogP contribution in [0.4, 0.5) is 0 Å². The van der Waals surface area contributed by atoms with Gasteiger partial charge >= 0.3 is 0 Å². The van der Waals surface area contributed by atoms with E-state index in [1.54, 1.807) is 12.3 Å². The number of hydrogen-bond donors (Lipinski definition) is 1. The molecule has 1 fully saturated rings. The Kier molecular flexibility index (Phi) is 3.35. The lowest BCUT2D eigenvalue weighted by molar-refractivity contribution is -0.00549. The predicted octanol–water partition coefficient (Wildman–Crippen LogP) is 2.21. The second kappa shape index (κ2) is 5.14. The van der Waals surface area contributed by atoms with Gasteiger partial charge in [-0.1, -0.05) is 5.16 Å². The monoisotopic (exact) mass is 263 g/mol. The van der Waals surface area contributed by atoms with Crippen molar-refractivity contribution in [3.8, 4) is 11.5 Å². The van der Waals surface area contributed by atoms with Crippen LogP contribution in [0.1, 0.15) is 36.9 Å². The molecule has 2 aromatic rings. The number of aromatic nitrogens is 2. The molecule has 6 heteroatoms. The van der Waals surface area contributed by atoms with Crippen molar-refractivity contribution >= 4 is 0 Å². The minimum Gasteiger partial charge on any atom is -0.469 e. The van der Waals surface area contributed by atoms with Gasteiger partial charge in [-0.3, -0.25) is 0 Å². The van der Waals surface area contributed by atoms with Gasteiger partial charge in [0.25, 0.3) is 5.89 Å². The summed E-state index contributed by atoms with van der Waals surface area (Å²) in [6.45, 7) is 2.27. The fourth-order valence-electron chi connectivity index (χ4n) is 1.95. The summed E-state index contributed by atoms with van der Waals surface area (Å²) in [5, 5.41) is 3.90. The molecule has 1 atom stereocenters. The molecule has 6 nitrogen and oxygen atoms in total. The second-order valence-electron chi connectivity index (χ2n) is 4.84. The summed E-state index contributed by atoms with van der Waals surface area (Å²) in [5.74, 6) is 1.64. The van der Waals surface area contributed by atoms with Crippen molar-refractivity contribution in [2.75, 3.05) is 6.61 Å². The first kappa shape index (κ1) is 12.4. The minimum atomic E-state index is -0.356. The Labute approximate surface area is 110 Å². The number of aryl methyl sites for hydroxylation is 1. The van der Waals surface area contributed by atoms with E-state index in [1.807, 2.05) is 6.92 Å². The average Bonchev–Trinajstić information content (AvgIpc) is 2.94. The molecule has 102 valence electrons. The van der Waals surface area contributed by atoms with Gasteiger partial charge in [-0.2, -0.15) is 4.98 Å². The van der Waals surface area contributed by atoms with E-state index in [-0.39, 0.29) is 6.04 Å². The number of nitrogens with two attached hydrogens (primary N) is 1. The highest BCUT2D eigenvalue weighted by Gasteiger charge is 2.22. The number of furan rings is 1.